The van der Waals surface area contributed by atoms with E-state index in [0.29, 0.717) is 27.7 Å². The summed E-state index contributed by atoms with van der Waals surface area (Å²) in [4.78, 5) is 3.99. The lowest BCUT2D eigenvalue weighted by Gasteiger charge is -2.15. The molecule has 2 N–H and O–H groups in total. The molecule has 142 valence electrons. The van der Waals surface area contributed by atoms with E-state index in [-0.39, 0.29) is 18.8 Å². The molecule has 0 amide bonds. The van der Waals surface area contributed by atoms with Crippen molar-refractivity contribution in [1.82, 2.24) is 10.6 Å². The Labute approximate surface area is 159 Å². The molecule has 0 aliphatic rings. The molecular weight excluding hydrogens is 381 g/mol. The molecule has 0 aliphatic carbocycles. The normalized spacial score (nSPS) is 11.2. The Morgan fingerprint density at radius 1 is 1.19 bits per heavy atom. The predicted octanol–water partition coefficient (Wildman–Crippen LogP) is 3.82. The highest BCUT2D eigenvalue weighted by molar-refractivity contribution is 6.30. The maximum Gasteiger partial charge on any atom is 0.387 e. The fraction of sp³-hybridized carbons (Fsp3) is 0.222. The molecule has 2 aromatic rings. The van der Waals surface area contributed by atoms with Gasteiger partial charge >= 0.3 is 6.61 Å². The van der Waals surface area contributed by atoms with Crippen molar-refractivity contribution in [3.05, 3.63) is 63.9 Å². The summed E-state index contributed by atoms with van der Waals surface area (Å²) in [5.74, 6) is -0.163. The van der Waals surface area contributed by atoms with Crippen LogP contribution in [0.15, 0.2) is 41.4 Å². The molecule has 2 rings (SSSR count). The minimum atomic E-state index is -2.96. The first-order valence-corrected chi connectivity index (χ1v) is 8.17. The Hall–Kier alpha value is -2.92. The minimum Gasteiger partial charge on any atom is -0.434 e. The molecule has 0 atom stereocenters. The van der Waals surface area contributed by atoms with Gasteiger partial charge in [0.1, 0.15) is 11.6 Å². The van der Waals surface area contributed by atoms with Crippen LogP contribution < -0.4 is 15.4 Å². The van der Waals surface area contributed by atoms with E-state index in [1.807, 2.05) is 6.07 Å². The van der Waals surface area contributed by atoms with Crippen molar-refractivity contribution in [2.75, 3.05) is 7.05 Å². The maximum atomic E-state index is 13.8. The summed E-state index contributed by atoms with van der Waals surface area (Å²) in [5, 5.41) is 15.1. The van der Waals surface area contributed by atoms with Crippen molar-refractivity contribution >= 4 is 17.6 Å². The molecule has 0 aromatic heterocycles. The molecule has 0 spiro atoms. The van der Waals surface area contributed by atoms with E-state index in [2.05, 4.69) is 20.4 Å². The van der Waals surface area contributed by atoms with Gasteiger partial charge in [-0.05, 0) is 36.4 Å². The Morgan fingerprint density at radius 2 is 1.89 bits per heavy atom. The van der Waals surface area contributed by atoms with Gasteiger partial charge in [-0.15, -0.1) is 0 Å². The second kappa shape index (κ2) is 9.69. The van der Waals surface area contributed by atoms with Crippen LogP contribution in [0.1, 0.15) is 16.7 Å². The van der Waals surface area contributed by atoms with Gasteiger partial charge in [0.05, 0.1) is 11.6 Å². The smallest absolute Gasteiger partial charge is 0.387 e. The number of halogens is 4. The Bertz CT molecular complexity index is 868. The van der Waals surface area contributed by atoms with Crippen LogP contribution in [0.4, 0.5) is 13.2 Å². The van der Waals surface area contributed by atoms with Crippen molar-refractivity contribution in [2.24, 2.45) is 4.99 Å². The van der Waals surface area contributed by atoms with Gasteiger partial charge in [0, 0.05) is 36.3 Å². The first kappa shape index (κ1) is 20.4. The first-order valence-electron chi connectivity index (χ1n) is 7.79. The van der Waals surface area contributed by atoms with Gasteiger partial charge < -0.3 is 15.4 Å². The average Bonchev–Trinajstić information content (AvgIpc) is 2.64. The van der Waals surface area contributed by atoms with E-state index in [4.69, 9.17) is 16.9 Å². The van der Waals surface area contributed by atoms with Crippen LogP contribution in [0.2, 0.25) is 5.02 Å². The highest BCUT2D eigenvalue weighted by Crippen LogP contribution is 2.24. The van der Waals surface area contributed by atoms with Gasteiger partial charge in [-0.2, -0.15) is 14.0 Å². The van der Waals surface area contributed by atoms with Crippen LogP contribution in [0.3, 0.4) is 0 Å². The average molecular weight is 397 g/mol. The lowest BCUT2D eigenvalue weighted by Crippen LogP contribution is -2.36. The van der Waals surface area contributed by atoms with Gasteiger partial charge in [0.25, 0.3) is 0 Å². The quantitative estimate of drug-likeness (QED) is 0.575. The van der Waals surface area contributed by atoms with Gasteiger partial charge in [-0.3, -0.25) is 4.99 Å². The van der Waals surface area contributed by atoms with E-state index >= 15 is 0 Å². The zero-order valence-electron chi connectivity index (χ0n) is 14.3. The van der Waals surface area contributed by atoms with Crippen molar-refractivity contribution in [1.29, 1.82) is 5.26 Å². The van der Waals surface area contributed by atoms with Gasteiger partial charge in [-0.25, -0.2) is 4.39 Å². The van der Waals surface area contributed by atoms with Gasteiger partial charge in [0.15, 0.2) is 5.96 Å². The highest BCUT2D eigenvalue weighted by atomic mass is 35.5. The summed E-state index contributed by atoms with van der Waals surface area (Å²) in [6.07, 6.45) is 0. The molecule has 0 saturated heterocycles. The molecule has 9 heteroatoms. The van der Waals surface area contributed by atoms with Crippen LogP contribution in [0.5, 0.6) is 5.75 Å². The zero-order valence-corrected chi connectivity index (χ0v) is 15.0. The predicted molar refractivity (Wildman–Crippen MR) is 96.2 cm³/mol. The number of alkyl halides is 2. The number of ether oxygens (including phenoxy) is 1. The van der Waals surface area contributed by atoms with E-state index in [1.165, 1.54) is 43.4 Å². The molecule has 5 nitrogen and oxygen atoms in total. The monoisotopic (exact) mass is 396 g/mol. The van der Waals surface area contributed by atoms with Gasteiger partial charge in [-0.1, -0.05) is 11.6 Å². The molecule has 0 heterocycles. The van der Waals surface area contributed by atoms with Crippen LogP contribution in [0, 0.1) is 17.1 Å². The van der Waals surface area contributed by atoms with Gasteiger partial charge in [0.2, 0.25) is 0 Å². The lowest BCUT2D eigenvalue weighted by atomic mass is 10.1. The Kier molecular flexibility index (Phi) is 7.32. The van der Waals surface area contributed by atoms with E-state index < -0.39 is 12.4 Å². The van der Waals surface area contributed by atoms with Crippen molar-refractivity contribution in [2.45, 2.75) is 19.7 Å². The lowest BCUT2D eigenvalue weighted by molar-refractivity contribution is -0.0504. The molecular formula is C18H16ClF3N4O. The van der Waals surface area contributed by atoms with E-state index in [9.17, 15) is 13.2 Å². The standard InChI is InChI=1S/C18H16ClF3N4O/c1-24-18(25-9-12-6-11(8-23)2-4-15(12)20)26-10-13-7-14(19)3-5-16(13)27-17(21)22/h2-7,17H,9-10H2,1H3,(H2,24,25,26). The number of benzene rings is 2. The summed E-state index contributed by atoms with van der Waals surface area (Å²) < 4.78 is 43.3. The van der Waals surface area contributed by atoms with Crippen LogP contribution >= 0.6 is 11.6 Å². The highest BCUT2D eigenvalue weighted by Gasteiger charge is 2.11. The summed E-state index contributed by atoms with van der Waals surface area (Å²) >= 11 is 5.91. The number of nitrogens with one attached hydrogen (secondary N) is 2. The zero-order chi connectivity index (χ0) is 19.8. The number of nitriles is 1. The van der Waals surface area contributed by atoms with Crippen molar-refractivity contribution < 1.29 is 17.9 Å². The molecule has 2 aromatic carbocycles. The topological polar surface area (TPSA) is 69.4 Å². The maximum absolute atomic E-state index is 13.8. The van der Waals surface area contributed by atoms with Crippen molar-refractivity contribution in [3.8, 4) is 11.8 Å². The molecule has 0 fully saturated rings. The fourth-order valence-corrected chi connectivity index (χ4v) is 2.45. The third kappa shape index (κ3) is 6.08. The molecule has 0 bridgehead atoms. The summed E-state index contributed by atoms with van der Waals surface area (Å²) in [6, 6.07) is 10.3. The second-order valence-corrected chi connectivity index (χ2v) is 5.76. The summed E-state index contributed by atoms with van der Waals surface area (Å²) in [6.45, 7) is -2.78. The minimum absolute atomic E-state index is 0.00915. The molecule has 27 heavy (non-hydrogen) atoms. The Balaban J connectivity index is 2.03. The SMILES string of the molecule is CN=C(NCc1cc(C#N)ccc1F)NCc1cc(Cl)ccc1OC(F)F. The number of aliphatic imine (C=N–C) groups is 1. The molecule has 0 radical (unpaired) electrons. The summed E-state index contributed by atoms with van der Waals surface area (Å²) in [7, 11) is 1.51. The van der Waals surface area contributed by atoms with E-state index in [1.54, 1.807) is 0 Å². The third-order valence-corrected chi connectivity index (χ3v) is 3.76. The van der Waals surface area contributed by atoms with Crippen LogP contribution in [-0.2, 0) is 13.1 Å². The fourth-order valence-electron chi connectivity index (χ4n) is 2.26. The number of hydrogen-bond acceptors (Lipinski definition) is 3. The Morgan fingerprint density at radius 3 is 2.52 bits per heavy atom. The van der Waals surface area contributed by atoms with E-state index in [0.717, 1.165) is 0 Å². The molecule has 0 saturated carbocycles. The molecule has 0 aliphatic heterocycles. The van der Waals surface area contributed by atoms with Crippen LogP contribution in [-0.4, -0.2) is 19.6 Å². The number of rotatable bonds is 6. The largest absolute Gasteiger partial charge is 0.434 e. The summed E-state index contributed by atoms with van der Waals surface area (Å²) in [5.41, 5.74) is 1.04. The number of guanidine groups is 1. The number of nitrogens with zero attached hydrogens (tertiary/aromatic N) is 2. The van der Waals surface area contributed by atoms with Crippen molar-refractivity contribution in [3.63, 3.8) is 0 Å². The third-order valence-electron chi connectivity index (χ3n) is 3.53. The second-order valence-electron chi connectivity index (χ2n) is 5.33. The first-order chi connectivity index (χ1) is 12.9. The van der Waals surface area contributed by atoms with Crippen LogP contribution in [0.25, 0.3) is 0 Å². The number of hydrogen-bond donors (Lipinski definition) is 2. The molecule has 0 unspecified atom stereocenters.